The monoisotopic (exact) mass is 298 g/mol. The van der Waals surface area contributed by atoms with Gasteiger partial charge in [0.1, 0.15) is 0 Å². The van der Waals surface area contributed by atoms with Crippen molar-refractivity contribution >= 4 is 17.7 Å². The highest BCUT2D eigenvalue weighted by Crippen LogP contribution is 2.24. The Morgan fingerprint density at radius 2 is 2.00 bits per heavy atom. The fraction of sp³-hybridized carbons (Fsp3) is 0.938. The van der Waals surface area contributed by atoms with Crippen molar-refractivity contribution in [3.05, 3.63) is 0 Å². The number of hydrogen-bond acceptors (Lipinski definition) is 3. The van der Waals surface area contributed by atoms with E-state index in [0.29, 0.717) is 16.9 Å². The molecule has 1 unspecified atom stereocenters. The minimum atomic E-state index is 0.380. The first-order valence-corrected chi connectivity index (χ1v) is 9.44. The lowest BCUT2D eigenvalue weighted by molar-refractivity contribution is -0.128. The third kappa shape index (κ3) is 5.28. The molecule has 2 fully saturated rings. The Bertz CT molecular complexity index is 292. The smallest absolute Gasteiger partial charge is 0.232 e. The van der Waals surface area contributed by atoms with Crippen LogP contribution in [0.5, 0.6) is 0 Å². The number of nitrogens with one attached hydrogen (secondary N) is 1. The zero-order chi connectivity index (χ0) is 14.2. The molecule has 0 bridgehead atoms. The molecule has 1 atom stereocenters. The Labute approximate surface area is 128 Å². The summed E-state index contributed by atoms with van der Waals surface area (Å²) < 4.78 is 0. The van der Waals surface area contributed by atoms with Gasteiger partial charge in [-0.25, -0.2) is 0 Å². The van der Waals surface area contributed by atoms with Gasteiger partial charge in [0.2, 0.25) is 5.91 Å². The molecule has 2 rings (SSSR count). The number of piperidine rings is 1. The summed E-state index contributed by atoms with van der Waals surface area (Å²) in [7, 11) is 0. The van der Waals surface area contributed by atoms with E-state index in [0.717, 1.165) is 32.1 Å². The van der Waals surface area contributed by atoms with Crippen molar-refractivity contribution in [3.63, 3.8) is 0 Å². The molecule has 20 heavy (non-hydrogen) atoms. The van der Waals surface area contributed by atoms with E-state index in [9.17, 15) is 4.79 Å². The van der Waals surface area contributed by atoms with Gasteiger partial charge in [-0.1, -0.05) is 19.8 Å². The molecule has 0 spiro atoms. The Balaban J connectivity index is 1.69. The van der Waals surface area contributed by atoms with E-state index in [1.807, 2.05) is 11.8 Å². The van der Waals surface area contributed by atoms with Crippen molar-refractivity contribution in [1.82, 2.24) is 10.2 Å². The molecular formula is C16H30N2OS. The molecule has 3 nitrogen and oxygen atoms in total. The predicted molar refractivity (Wildman–Crippen MR) is 87.2 cm³/mol. The number of hydrogen-bond donors (Lipinski definition) is 1. The van der Waals surface area contributed by atoms with E-state index in [2.05, 4.69) is 17.1 Å². The Hall–Kier alpha value is -0.220. The Kier molecular flexibility index (Phi) is 7.22. The summed E-state index contributed by atoms with van der Waals surface area (Å²) in [6.45, 7) is 6.49. The van der Waals surface area contributed by atoms with Crippen LogP contribution in [0, 0.1) is 5.92 Å². The van der Waals surface area contributed by atoms with Gasteiger partial charge in [0, 0.05) is 18.3 Å². The quantitative estimate of drug-likeness (QED) is 0.847. The van der Waals surface area contributed by atoms with Gasteiger partial charge in [0.25, 0.3) is 0 Å². The Morgan fingerprint density at radius 3 is 2.75 bits per heavy atom. The number of nitrogens with zero attached hydrogens (tertiary/aromatic N) is 1. The molecule has 0 aromatic carbocycles. The van der Waals surface area contributed by atoms with E-state index in [1.165, 1.54) is 44.9 Å². The molecule has 0 aromatic rings. The summed E-state index contributed by atoms with van der Waals surface area (Å²) in [5, 5.41) is 4.08. The number of carbonyl (C=O) groups is 1. The standard InChI is InChI=1S/C16H30N2OS/c1-2-4-14-5-3-11-18(12-8-14)16(19)13-20-15-6-9-17-10-7-15/h14-15,17H,2-13H2,1H3. The highest BCUT2D eigenvalue weighted by atomic mass is 32.2. The van der Waals surface area contributed by atoms with Crippen LogP contribution in [0.4, 0.5) is 0 Å². The van der Waals surface area contributed by atoms with Crippen LogP contribution in [0.2, 0.25) is 0 Å². The summed E-state index contributed by atoms with van der Waals surface area (Å²) in [5.41, 5.74) is 0. The lowest BCUT2D eigenvalue weighted by atomic mass is 9.96. The normalized spacial score (nSPS) is 25.4. The maximum atomic E-state index is 12.3. The van der Waals surface area contributed by atoms with Crippen molar-refractivity contribution in [2.24, 2.45) is 5.92 Å². The fourth-order valence-corrected chi connectivity index (χ4v) is 4.48. The highest BCUT2D eigenvalue weighted by Gasteiger charge is 2.21. The van der Waals surface area contributed by atoms with Crippen LogP contribution in [0.25, 0.3) is 0 Å². The third-order valence-corrected chi connectivity index (χ3v) is 5.98. The van der Waals surface area contributed by atoms with E-state index in [4.69, 9.17) is 0 Å². The van der Waals surface area contributed by atoms with Crippen LogP contribution in [0.1, 0.15) is 51.9 Å². The maximum Gasteiger partial charge on any atom is 0.232 e. The molecule has 1 amide bonds. The summed E-state index contributed by atoms with van der Waals surface area (Å²) in [4.78, 5) is 14.5. The van der Waals surface area contributed by atoms with E-state index >= 15 is 0 Å². The second-order valence-corrected chi connectivity index (χ2v) is 7.52. The zero-order valence-corrected chi connectivity index (χ0v) is 13.7. The highest BCUT2D eigenvalue weighted by molar-refractivity contribution is 8.00. The molecule has 0 saturated carbocycles. The van der Waals surface area contributed by atoms with Crippen molar-refractivity contribution in [1.29, 1.82) is 0 Å². The van der Waals surface area contributed by atoms with Crippen LogP contribution in [0.3, 0.4) is 0 Å². The summed E-state index contributed by atoms with van der Waals surface area (Å²) in [6.07, 6.45) is 8.80. The van der Waals surface area contributed by atoms with Gasteiger partial charge in [-0.2, -0.15) is 0 Å². The second-order valence-electron chi connectivity index (χ2n) is 6.23. The number of thioether (sulfide) groups is 1. The number of rotatable bonds is 5. The van der Waals surface area contributed by atoms with Crippen LogP contribution < -0.4 is 5.32 Å². The average molecular weight is 298 g/mol. The Morgan fingerprint density at radius 1 is 1.20 bits per heavy atom. The molecule has 2 aliphatic heterocycles. The first kappa shape index (κ1) is 16.2. The van der Waals surface area contributed by atoms with Crippen LogP contribution in [-0.2, 0) is 4.79 Å². The first-order valence-electron chi connectivity index (χ1n) is 8.39. The molecule has 2 aliphatic rings. The van der Waals surface area contributed by atoms with Gasteiger partial charge >= 0.3 is 0 Å². The second kappa shape index (κ2) is 8.93. The van der Waals surface area contributed by atoms with Crippen LogP contribution >= 0.6 is 11.8 Å². The summed E-state index contributed by atoms with van der Waals surface area (Å²) in [6, 6.07) is 0. The van der Waals surface area contributed by atoms with Gasteiger partial charge in [0.05, 0.1) is 5.75 Å². The minimum Gasteiger partial charge on any atom is -0.342 e. The van der Waals surface area contributed by atoms with E-state index in [-0.39, 0.29) is 0 Å². The third-order valence-electron chi connectivity index (χ3n) is 4.63. The zero-order valence-electron chi connectivity index (χ0n) is 12.9. The molecule has 116 valence electrons. The van der Waals surface area contributed by atoms with Crippen LogP contribution in [-0.4, -0.2) is 48.0 Å². The van der Waals surface area contributed by atoms with E-state index < -0.39 is 0 Å². The average Bonchev–Trinajstić information content (AvgIpc) is 2.72. The molecule has 4 heteroatoms. The molecule has 2 saturated heterocycles. The van der Waals surface area contributed by atoms with Crippen LogP contribution in [0.15, 0.2) is 0 Å². The predicted octanol–water partition coefficient (Wildman–Crippen LogP) is 2.90. The van der Waals surface area contributed by atoms with Crippen molar-refractivity contribution in [3.8, 4) is 0 Å². The molecule has 0 radical (unpaired) electrons. The van der Waals surface area contributed by atoms with Crippen molar-refractivity contribution in [2.45, 2.75) is 57.1 Å². The van der Waals surface area contributed by atoms with Gasteiger partial charge < -0.3 is 10.2 Å². The number of carbonyl (C=O) groups excluding carboxylic acids is 1. The molecule has 0 aromatic heterocycles. The van der Waals surface area contributed by atoms with E-state index in [1.54, 1.807) is 0 Å². The lowest BCUT2D eigenvalue weighted by Crippen LogP contribution is -2.35. The van der Waals surface area contributed by atoms with Gasteiger partial charge in [-0.3, -0.25) is 4.79 Å². The first-order chi connectivity index (χ1) is 9.79. The topological polar surface area (TPSA) is 32.3 Å². The van der Waals surface area contributed by atoms with Gasteiger partial charge in [-0.05, 0) is 51.1 Å². The summed E-state index contributed by atoms with van der Waals surface area (Å²) in [5.74, 6) is 1.93. The van der Waals surface area contributed by atoms with Gasteiger partial charge in [0.15, 0.2) is 0 Å². The number of amides is 1. The van der Waals surface area contributed by atoms with Gasteiger partial charge in [-0.15, -0.1) is 11.8 Å². The largest absolute Gasteiger partial charge is 0.342 e. The fourth-order valence-electron chi connectivity index (χ4n) is 3.35. The maximum absolute atomic E-state index is 12.3. The molecule has 2 heterocycles. The SMILES string of the molecule is CCCC1CCCN(C(=O)CSC2CCNCC2)CC1. The van der Waals surface area contributed by atoms with Crippen molar-refractivity contribution < 1.29 is 4.79 Å². The lowest BCUT2D eigenvalue weighted by Gasteiger charge is -2.24. The number of likely N-dealkylation sites (tertiary alicyclic amines) is 1. The minimum absolute atomic E-state index is 0.380. The molecule has 0 aliphatic carbocycles. The molecule has 1 N–H and O–H groups in total. The summed E-state index contributed by atoms with van der Waals surface area (Å²) >= 11 is 1.89. The van der Waals surface area contributed by atoms with Crippen molar-refractivity contribution in [2.75, 3.05) is 31.9 Å². The molecular weight excluding hydrogens is 268 g/mol.